The Morgan fingerprint density at radius 1 is 1.03 bits per heavy atom. The zero-order chi connectivity index (χ0) is 22.0. The number of carbonyl (C=O) groups excluding carboxylic acids is 1. The van der Waals surface area contributed by atoms with Crippen molar-refractivity contribution in [2.45, 2.75) is 13.0 Å². The molecule has 0 saturated heterocycles. The summed E-state index contributed by atoms with van der Waals surface area (Å²) in [6.07, 6.45) is 0. The number of nitrogens with zero attached hydrogens (tertiary/aromatic N) is 2. The van der Waals surface area contributed by atoms with Crippen LogP contribution in [0, 0.1) is 0 Å². The lowest BCUT2D eigenvalue weighted by atomic mass is 10.1. The van der Waals surface area contributed by atoms with E-state index in [1.165, 1.54) is 0 Å². The van der Waals surface area contributed by atoms with Gasteiger partial charge >= 0.3 is 0 Å². The van der Waals surface area contributed by atoms with Gasteiger partial charge in [0.25, 0.3) is 0 Å². The van der Waals surface area contributed by atoms with Crippen LogP contribution in [-0.2, 0) is 4.79 Å². The molecule has 4 aromatic rings. The van der Waals surface area contributed by atoms with Gasteiger partial charge in [-0.3, -0.25) is 9.48 Å². The average molecular weight is 436 g/mol. The Balaban J connectivity index is 1.73. The van der Waals surface area contributed by atoms with Crippen molar-refractivity contribution < 1.29 is 14.3 Å². The zero-order valence-electron chi connectivity index (χ0n) is 17.4. The molecule has 1 heterocycles. The second-order valence-electron chi connectivity index (χ2n) is 7.05. The van der Waals surface area contributed by atoms with E-state index < -0.39 is 6.04 Å². The van der Waals surface area contributed by atoms with Gasteiger partial charge in [-0.1, -0.05) is 41.9 Å². The number of anilines is 1. The van der Waals surface area contributed by atoms with Crippen LogP contribution in [-0.4, -0.2) is 29.9 Å². The van der Waals surface area contributed by atoms with E-state index in [4.69, 9.17) is 26.2 Å². The number of nitrogens with one attached hydrogen (secondary N) is 1. The number of benzene rings is 3. The smallest absolute Gasteiger partial charge is 0.249 e. The molecular formula is C24H22ClN3O3. The fourth-order valence-corrected chi connectivity index (χ4v) is 3.65. The van der Waals surface area contributed by atoms with E-state index in [0.717, 1.165) is 22.2 Å². The maximum atomic E-state index is 13.1. The van der Waals surface area contributed by atoms with Gasteiger partial charge in [-0.25, -0.2) is 0 Å². The van der Waals surface area contributed by atoms with Crippen LogP contribution in [0.25, 0.3) is 22.2 Å². The van der Waals surface area contributed by atoms with Crippen molar-refractivity contribution in [2.75, 3.05) is 19.5 Å². The van der Waals surface area contributed by atoms with Gasteiger partial charge in [-0.15, -0.1) is 0 Å². The van der Waals surface area contributed by atoms with Gasteiger partial charge in [0.2, 0.25) is 5.91 Å². The van der Waals surface area contributed by atoms with Gasteiger partial charge in [-0.2, -0.15) is 5.10 Å². The predicted molar refractivity (Wildman–Crippen MR) is 123 cm³/mol. The minimum Gasteiger partial charge on any atom is -0.497 e. The highest BCUT2D eigenvalue weighted by atomic mass is 35.5. The summed E-state index contributed by atoms with van der Waals surface area (Å²) in [6, 6.07) is 20.0. The summed E-state index contributed by atoms with van der Waals surface area (Å²) in [7, 11) is 3.12. The number of rotatable bonds is 6. The maximum absolute atomic E-state index is 13.1. The molecule has 6 nitrogen and oxygen atoms in total. The number of hydrogen-bond acceptors (Lipinski definition) is 4. The second-order valence-corrected chi connectivity index (χ2v) is 7.49. The fraction of sp³-hybridized carbons (Fsp3) is 0.167. The topological polar surface area (TPSA) is 65.4 Å². The number of hydrogen-bond donors (Lipinski definition) is 1. The van der Waals surface area contributed by atoms with Gasteiger partial charge in [0.1, 0.15) is 23.2 Å². The van der Waals surface area contributed by atoms with Gasteiger partial charge in [0.15, 0.2) is 0 Å². The number of fused-ring (bicyclic) bond motifs is 1. The Morgan fingerprint density at radius 2 is 1.81 bits per heavy atom. The average Bonchev–Trinajstić information content (AvgIpc) is 3.17. The zero-order valence-corrected chi connectivity index (χ0v) is 18.2. The van der Waals surface area contributed by atoms with Crippen LogP contribution in [0.15, 0.2) is 66.7 Å². The minimum absolute atomic E-state index is 0.231. The first kappa shape index (κ1) is 20.8. The highest BCUT2D eigenvalue weighted by Gasteiger charge is 2.22. The lowest BCUT2D eigenvalue weighted by molar-refractivity contribution is -0.119. The molecule has 158 valence electrons. The van der Waals surface area contributed by atoms with E-state index in [-0.39, 0.29) is 5.91 Å². The largest absolute Gasteiger partial charge is 0.497 e. The molecule has 1 amide bonds. The fourth-order valence-electron chi connectivity index (χ4n) is 3.48. The molecular weight excluding hydrogens is 414 g/mol. The molecule has 31 heavy (non-hydrogen) atoms. The monoisotopic (exact) mass is 435 g/mol. The molecule has 0 bridgehead atoms. The number of aromatic nitrogens is 2. The normalized spacial score (nSPS) is 11.9. The first-order valence-corrected chi connectivity index (χ1v) is 10.2. The molecule has 1 N–H and O–H groups in total. The summed E-state index contributed by atoms with van der Waals surface area (Å²) in [5.74, 6) is 0.934. The molecule has 1 aromatic heterocycles. The Labute approximate surface area is 185 Å². The number of carbonyl (C=O) groups is 1. The molecule has 4 rings (SSSR count). The third-order valence-corrected chi connectivity index (χ3v) is 5.36. The van der Waals surface area contributed by atoms with E-state index in [0.29, 0.717) is 22.2 Å². The molecule has 1 atom stereocenters. The van der Waals surface area contributed by atoms with Crippen LogP contribution in [0.3, 0.4) is 0 Å². The molecule has 3 aromatic carbocycles. The van der Waals surface area contributed by atoms with E-state index in [1.54, 1.807) is 50.1 Å². The second kappa shape index (κ2) is 8.70. The van der Waals surface area contributed by atoms with Crippen LogP contribution in [0.2, 0.25) is 5.02 Å². The van der Waals surface area contributed by atoms with Gasteiger partial charge in [0.05, 0.1) is 25.4 Å². The number of amides is 1. The Kier molecular flexibility index (Phi) is 5.82. The molecule has 0 fully saturated rings. The van der Waals surface area contributed by atoms with Crippen LogP contribution < -0.4 is 14.8 Å². The third kappa shape index (κ3) is 4.07. The van der Waals surface area contributed by atoms with Crippen molar-refractivity contribution in [3.8, 4) is 22.8 Å². The minimum atomic E-state index is -0.586. The van der Waals surface area contributed by atoms with Crippen LogP contribution in [0.1, 0.15) is 13.0 Å². The van der Waals surface area contributed by atoms with Crippen LogP contribution in [0.5, 0.6) is 11.5 Å². The summed E-state index contributed by atoms with van der Waals surface area (Å²) in [5, 5.41) is 9.21. The first-order chi connectivity index (χ1) is 15.0. The highest BCUT2D eigenvalue weighted by molar-refractivity contribution is 6.31. The van der Waals surface area contributed by atoms with E-state index in [1.807, 2.05) is 42.5 Å². The third-order valence-electron chi connectivity index (χ3n) is 5.13. The summed E-state index contributed by atoms with van der Waals surface area (Å²) in [5.41, 5.74) is 3.08. The molecule has 0 saturated carbocycles. The predicted octanol–water partition coefficient (Wildman–Crippen LogP) is 5.57. The Morgan fingerprint density at radius 3 is 2.52 bits per heavy atom. The van der Waals surface area contributed by atoms with Crippen molar-refractivity contribution in [3.63, 3.8) is 0 Å². The quantitative estimate of drug-likeness (QED) is 0.429. The van der Waals surface area contributed by atoms with Crippen molar-refractivity contribution in [1.29, 1.82) is 0 Å². The molecule has 1 unspecified atom stereocenters. The number of halogens is 1. The summed E-state index contributed by atoms with van der Waals surface area (Å²) >= 11 is 6.26. The van der Waals surface area contributed by atoms with E-state index >= 15 is 0 Å². The van der Waals surface area contributed by atoms with Crippen LogP contribution >= 0.6 is 11.6 Å². The lowest BCUT2D eigenvalue weighted by Crippen LogP contribution is -2.24. The van der Waals surface area contributed by atoms with E-state index in [9.17, 15) is 4.79 Å². The Bertz CT molecular complexity index is 1240. The van der Waals surface area contributed by atoms with Gasteiger partial charge in [0, 0.05) is 22.0 Å². The van der Waals surface area contributed by atoms with Gasteiger partial charge < -0.3 is 14.8 Å². The molecule has 7 heteroatoms. The molecule has 0 aliphatic carbocycles. The van der Waals surface area contributed by atoms with Crippen molar-refractivity contribution >= 4 is 34.1 Å². The van der Waals surface area contributed by atoms with Crippen molar-refractivity contribution in [2.24, 2.45) is 0 Å². The SMILES string of the molecule is COc1ccc(OC)c(NC(=O)C(C)n2nc(-c3ccccc3)c3cc(Cl)ccc32)c1. The lowest BCUT2D eigenvalue weighted by Gasteiger charge is -2.16. The highest BCUT2D eigenvalue weighted by Crippen LogP contribution is 2.33. The molecule has 0 aliphatic rings. The number of methoxy groups -OCH3 is 2. The maximum Gasteiger partial charge on any atom is 0.249 e. The summed E-state index contributed by atoms with van der Waals surface area (Å²) in [6.45, 7) is 1.80. The molecule has 0 aliphatic heterocycles. The Hall–Kier alpha value is -3.51. The van der Waals surface area contributed by atoms with E-state index in [2.05, 4.69) is 5.32 Å². The molecule has 0 spiro atoms. The van der Waals surface area contributed by atoms with Crippen molar-refractivity contribution in [3.05, 3.63) is 71.8 Å². The standard InChI is InChI=1S/C24H22ClN3O3/c1-15(24(29)26-20-14-18(30-2)10-12-22(20)31-3)28-21-11-9-17(25)13-19(21)23(27-28)16-7-5-4-6-8-16/h4-15H,1-3H3,(H,26,29). The van der Waals surface area contributed by atoms with Crippen LogP contribution in [0.4, 0.5) is 5.69 Å². The molecule has 0 radical (unpaired) electrons. The summed E-state index contributed by atoms with van der Waals surface area (Å²) in [4.78, 5) is 13.1. The summed E-state index contributed by atoms with van der Waals surface area (Å²) < 4.78 is 12.4. The van der Waals surface area contributed by atoms with Gasteiger partial charge in [-0.05, 0) is 37.3 Å². The number of ether oxygens (including phenoxy) is 2. The van der Waals surface area contributed by atoms with Crippen molar-refractivity contribution in [1.82, 2.24) is 9.78 Å². The first-order valence-electron chi connectivity index (χ1n) is 9.78.